The average Bonchev–Trinajstić information content (AvgIpc) is 3.45. The number of fused-ring (bicyclic) bond motifs is 2. The third kappa shape index (κ3) is 3.63. The molecular formula is C18H13N5O3S3. The zero-order chi connectivity index (χ0) is 19.8. The molecule has 8 nitrogen and oxygen atoms in total. The molecule has 4 aromatic rings. The Balaban J connectivity index is 1.43. The highest BCUT2D eigenvalue weighted by Gasteiger charge is 2.20. The van der Waals surface area contributed by atoms with Crippen LogP contribution in [0.2, 0.25) is 0 Å². The Morgan fingerprint density at radius 2 is 2.17 bits per heavy atom. The summed E-state index contributed by atoms with van der Waals surface area (Å²) < 4.78 is 11.8. The second-order valence-electron chi connectivity index (χ2n) is 6.01. The van der Waals surface area contributed by atoms with E-state index in [2.05, 4.69) is 25.5 Å². The van der Waals surface area contributed by atoms with Gasteiger partial charge in [0, 0.05) is 17.1 Å². The number of amides is 1. The number of thiazole rings is 2. The van der Waals surface area contributed by atoms with Crippen molar-refractivity contribution >= 4 is 55.7 Å². The summed E-state index contributed by atoms with van der Waals surface area (Å²) in [7, 11) is 0. The second-order valence-corrected chi connectivity index (χ2v) is 9.07. The van der Waals surface area contributed by atoms with Crippen molar-refractivity contribution < 1.29 is 14.3 Å². The Hall–Kier alpha value is -2.76. The SMILES string of the molecule is Cc1nc2c(SCC(=O)Nc3nccs3)nnc(-c3ccc4c(c3)OCO4)c2s1. The second kappa shape index (κ2) is 7.58. The van der Waals surface area contributed by atoms with Crippen molar-refractivity contribution in [3.05, 3.63) is 34.8 Å². The van der Waals surface area contributed by atoms with Gasteiger partial charge in [0.05, 0.1) is 15.5 Å². The predicted octanol–water partition coefficient (Wildman–Crippen LogP) is 3.98. The molecule has 0 fully saturated rings. The summed E-state index contributed by atoms with van der Waals surface area (Å²) in [4.78, 5) is 20.8. The van der Waals surface area contributed by atoms with Gasteiger partial charge in [-0.2, -0.15) is 0 Å². The number of aryl methyl sites for hydroxylation is 1. The molecule has 3 aromatic heterocycles. The van der Waals surface area contributed by atoms with Gasteiger partial charge in [0.25, 0.3) is 0 Å². The fourth-order valence-corrected chi connectivity index (χ4v) is 5.08. The van der Waals surface area contributed by atoms with E-state index < -0.39 is 0 Å². The van der Waals surface area contributed by atoms with Gasteiger partial charge in [-0.3, -0.25) is 4.79 Å². The van der Waals surface area contributed by atoms with Crippen LogP contribution in [0.25, 0.3) is 21.5 Å². The Bertz CT molecular complexity index is 1210. The summed E-state index contributed by atoms with van der Waals surface area (Å²) in [5.74, 6) is 1.46. The van der Waals surface area contributed by atoms with Gasteiger partial charge in [0.2, 0.25) is 12.7 Å². The van der Waals surface area contributed by atoms with Gasteiger partial charge in [-0.1, -0.05) is 11.8 Å². The van der Waals surface area contributed by atoms with Crippen LogP contribution in [-0.2, 0) is 4.79 Å². The van der Waals surface area contributed by atoms with Gasteiger partial charge in [-0.05, 0) is 25.1 Å². The lowest BCUT2D eigenvalue weighted by molar-refractivity contribution is -0.113. The van der Waals surface area contributed by atoms with Crippen LogP contribution in [0.15, 0.2) is 34.8 Å². The van der Waals surface area contributed by atoms with Crippen LogP contribution >= 0.6 is 34.4 Å². The minimum atomic E-state index is -0.147. The van der Waals surface area contributed by atoms with Crippen molar-refractivity contribution in [1.82, 2.24) is 20.2 Å². The van der Waals surface area contributed by atoms with E-state index in [1.54, 1.807) is 17.5 Å². The highest BCUT2D eigenvalue weighted by Crippen LogP contribution is 2.39. The van der Waals surface area contributed by atoms with Crippen LogP contribution in [0.5, 0.6) is 11.5 Å². The van der Waals surface area contributed by atoms with Gasteiger partial charge in [0.15, 0.2) is 16.6 Å². The number of hydrogen-bond acceptors (Lipinski definition) is 10. The van der Waals surface area contributed by atoms with Gasteiger partial charge in [0.1, 0.15) is 16.2 Å². The molecule has 5 rings (SSSR count). The molecule has 1 aliphatic heterocycles. The molecule has 0 unspecified atom stereocenters. The Labute approximate surface area is 177 Å². The molecule has 0 spiro atoms. The molecule has 11 heteroatoms. The monoisotopic (exact) mass is 443 g/mol. The summed E-state index contributed by atoms with van der Waals surface area (Å²) in [6, 6.07) is 5.69. The highest BCUT2D eigenvalue weighted by atomic mass is 32.2. The molecule has 1 N–H and O–H groups in total. The number of nitrogens with zero attached hydrogens (tertiary/aromatic N) is 4. The number of hydrogen-bond donors (Lipinski definition) is 1. The minimum absolute atomic E-state index is 0.147. The maximum Gasteiger partial charge on any atom is 0.236 e. The first-order chi connectivity index (χ1) is 14.2. The van der Waals surface area contributed by atoms with Crippen LogP contribution in [0, 0.1) is 6.92 Å². The lowest BCUT2D eigenvalue weighted by atomic mass is 10.1. The first-order valence-electron chi connectivity index (χ1n) is 8.53. The maximum atomic E-state index is 12.2. The van der Waals surface area contributed by atoms with E-state index in [0.29, 0.717) is 15.9 Å². The number of carbonyl (C=O) groups excluding carboxylic acids is 1. The molecule has 0 bridgehead atoms. The van der Waals surface area contributed by atoms with Crippen LogP contribution in [0.4, 0.5) is 5.13 Å². The van der Waals surface area contributed by atoms with Crippen molar-refractivity contribution in [3.63, 3.8) is 0 Å². The number of ether oxygens (including phenoxy) is 2. The number of aromatic nitrogens is 4. The van der Waals surface area contributed by atoms with Crippen molar-refractivity contribution in [3.8, 4) is 22.8 Å². The molecule has 0 radical (unpaired) electrons. The zero-order valence-corrected chi connectivity index (χ0v) is 17.5. The zero-order valence-electron chi connectivity index (χ0n) is 15.0. The van der Waals surface area contributed by atoms with Gasteiger partial charge in [-0.25, -0.2) is 9.97 Å². The van der Waals surface area contributed by atoms with Gasteiger partial charge in [-0.15, -0.1) is 32.9 Å². The van der Waals surface area contributed by atoms with Gasteiger partial charge >= 0.3 is 0 Å². The molecule has 0 saturated heterocycles. The third-order valence-corrected chi connectivity index (χ3v) is 6.68. The Morgan fingerprint density at radius 3 is 3.03 bits per heavy atom. The largest absolute Gasteiger partial charge is 0.454 e. The molecule has 29 heavy (non-hydrogen) atoms. The van der Waals surface area contributed by atoms with Crippen LogP contribution in [-0.4, -0.2) is 38.6 Å². The lowest BCUT2D eigenvalue weighted by Crippen LogP contribution is -2.14. The lowest BCUT2D eigenvalue weighted by Gasteiger charge is -2.06. The normalized spacial score (nSPS) is 12.4. The molecule has 146 valence electrons. The number of anilines is 1. The van der Waals surface area contributed by atoms with Crippen LogP contribution in [0.1, 0.15) is 5.01 Å². The van der Waals surface area contributed by atoms with Crippen molar-refractivity contribution in [2.24, 2.45) is 0 Å². The quantitative estimate of drug-likeness (QED) is 0.463. The fourth-order valence-electron chi connectivity index (χ4n) is 2.83. The third-order valence-electron chi connectivity index (χ3n) is 4.06. The predicted molar refractivity (Wildman–Crippen MR) is 113 cm³/mol. The molecule has 0 saturated carbocycles. The van der Waals surface area contributed by atoms with E-state index >= 15 is 0 Å². The van der Waals surface area contributed by atoms with E-state index in [1.807, 2.05) is 30.5 Å². The van der Waals surface area contributed by atoms with E-state index in [4.69, 9.17) is 9.47 Å². The van der Waals surface area contributed by atoms with E-state index in [-0.39, 0.29) is 18.5 Å². The summed E-state index contributed by atoms with van der Waals surface area (Å²) in [5.41, 5.74) is 2.37. The first kappa shape index (κ1) is 18.3. The van der Waals surface area contributed by atoms with E-state index in [0.717, 1.165) is 32.2 Å². The van der Waals surface area contributed by atoms with E-state index in [9.17, 15) is 4.79 Å². The van der Waals surface area contributed by atoms with Crippen LogP contribution < -0.4 is 14.8 Å². The average molecular weight is 444 g/mol. The molecule has 1 amide bonds. The minimum Gasteiger partial charge on any atom is -0.454 e. The van der Waals surface area contributed by atoms with E-state index in [1.165, 1.54) is 23.1 Å². The first-order valence-corrected chi connectivity index (χ1v) is 11.2. The highest BCUT2D eigenvalue weighted by molar-refractivity contribution is 8.00. The summed E-state index contributed by atoms with van der Waals surface area (Å²) >= 11 is 4.24. The Kier molecular flexibility index (Phi) is 4.78. The summed E-state index contributed by atoms with van der Waals surface area (Å²) in [6.07, 6.45) is 1.65. The maximum absolute atomic E-state index is 12.2. The molecule has 1 aromatic carbocycles. The molecular weight excluding hydrogens is 430 g/mol. The number of carbonyl (C=O) groups is 1. The molecule has 1 aliphatic rings. The van der Waals surface area contributed by atoms with Crippen molar-refractivity contribution in [2.45, 2.75) is 11.9 Å². The number of rotatable bonds is 5. The fraction of sp³-hybridized carbons (Fsp3) is 0.167. The van der Waals surface area contributed by atoms with Crippen LogP contribution in [0.3, 0.4) is 0 Å². The van der Waals surface area contributed by atoms with Crippen molar-refractivity contribution in [2.75, 3.05) is 17.9 Å². The Morgan fingerprint density at radius 1 is 1.28 bits per heavy atom. The van der Waals surface area contributed by atoms with Gasteiger partial charge < -0.3 is 14.8 Å². The smallest absolute Gasteiger partial charge is 0.236 e. The standard InChI is InChI=1S/C18H13N5O3S3/c1-9-20-15-16(29-9)14(10-2-3-11-12(6-10)26-8-25-11)22-23-17(15)28-7-13(24)21-18-19-4-5-27-18/h2-6H,7-8H2,1H3,(H,19,21,24). The molecule has 4 heterocycles. The number of thioether (sulfide) groups is 1. The topological polar surface area (TPSA) is 99.1 Å². The summed E-state index contributed by atoms with van der Waals surface area (Å²) in [5, 5.41) is 15.5. The number of benzene rings is 1. The number of nitrogens with one attached hydrogen (secondary N) is 1. The molecule has 0 atom stereocenters. The van der Waals surface area contributed by atoms with Crippen molar-refractivity contribution in [1.29, 1.82) is 0 Å². The summed E-state index contributed by atoms with van der Waals surface area (Å²) in [6.45, 7) is 2.16. The molecule has 0 aliphatic carbocycles.